The fraction of sp³-hybridized carbons (Fsp3) is 0.250. The Morgan fingerprint density at radius 1 is 1.37 bits per heavy atom. The molecule has 7 heteroatoms. The Balaban J connectivity index is 2.03. The largest absolute Gasteiger partial charge is 0.339 e. The highest BCUT2D eigenvalue weighted by Crippen LogP contribution is 2.10. The molecule has 0 radical (unpaired) electrons. The van der Waals surface area contributed by atoms with Gasteiger partial charge in [0.15, 0.2) is 5.82 Å². The fourth-order valence-corrected chi connectivity index (χ4v) is 1.49. The van der Waals surface area contributed by atoms with Crippen molar-refractivity contribution in [2.45, 2.75) is 19.3 Å². The molecule has 0 spiro atoms. The van der Waals surface area contributed by atoms with Crippen LogP contribution < -0.4 is 0 Å². The fourth-order valence-electron chi connectivity index (χ4n) is 1.49. The molecule has 0 bridgehead atoms. The number of alkyl halides is 2. The lowest BCUT2D eigenvalue weighted by atomic mass is 10.1. The van der Waals surface area contributed by atoms with E-state index in [9.17, 15) is 18.0 Å². The number of rotatable bonds is 5. The van der Waals surface area contributed by atoms with Gasteiger partial charge in [0.1, 0.15) is 5.82 Å². The van der Waals surface area contributed by atoms with Gasteiger partial charge >= 0.3 is 0 Å². The molecular weight excluding hydrogens is 261 g/mol. The van der Waals surface area contributed by atoms with Crippen LogP contribution in [0.2, 0.25) is 0 Å². The molecule has 0 saturated carbocycles. The molecular formula is C12H9F3N2O2. The maximum atomic E-state index is 12.9. The van der Waals surface area contributed by atoms with Crippen molar-refractivity contribution in [3.63, 3.8) is 0 Å². The number of carbonyl (C=O) groups excluding carboxylic acids is 1. The van der Waals surface area contributed by atoms with Crippen molar-refractivity contribution in [1.82, 2.24) is 10.1 Å². The Hall–Kier alpha value is -2.18. The van der Waals surface area contributed by atoms with Crippen molar-refractivity contribution in [2.75, 3.05) is 0 Å². The summed E-state index contributed by atoms with van der Waals surface area (Å²) in [7, 11) is 0. The van der Waals surface area contributed by atoms with Crippen LogP contribution >= 0.6 is 0 Å². The smallest absolute Gasteiger partial charge is 0.296 e. The van der Waals surface area contributed by atoms with E-state index in [2.05, 4.69) is 14.7 Å². The highest BCUT2D eigenvalue weighted by molar-refractivity contribution is 5.82. The third-order valence-corrected chi connectivity index (χ3v) is 2.33. The first-order chi connectivity index (χ1) is 9.04. The van der Waals surface area contributed by atoms with Crippen molar-refractivity contribution in [2.24, 2.45) is 0 Å². The normalized spacial score (nSPS) is 10.9. The minimum atomic E-state index is -3.06. The van der Waals surface area contributed by atoms with Gasteiger partial charge in [-0.05, 0) is 17.7 Å². The molecule has 0 N–H and O–H groups in total. The molecule has 0 saturated heterocycles. The summed E-state index contributed by atoms with van der Waals surface area (Å²) in [5.41, 5.74) is 0.618. The predicted octanol–water partition coefficient (Wildman–Crippen LogP) is 2.18. The quantitative estimate of drug-likeness (QED) is 0.835. The first-order valence-electron chi connectivity index (χ1n) is 5.41. The zero-order valence-electron chi connectivity index (χ0n) is 9.65. The summed E-state index contributed by atoms with van der Waals surface area (Å²) in [5, 5.41) is 3.55. The van der Waals surface area contributed by atoms with Gasteiger partial charge in [-0.1, -0.05) is 17.3 Å². The molecule has 2 aromatic rings. The third-order valence-electron chi connectivity index (χ3n) is 2.33. The first kappa shape index (κ1) is 13.3. The van der Waals surface area contributed by atoms with Crippen molar-refractivity contribution >= 4 is 5.78 Å². The van der Waals surface area contributed by atoms with Gasteiger partial charge < -0.3 is 4.52 Å². The number of hydrogen-bond donors (Lipinski definition) is 0. The second-order valence-electron chi connectivity index (χ2n) is 3.85. The van der Waals surface area contributed by atoms with Crippen molar-refractivity contribution in [1.29, 1.82) is 0 Å². The van der Waals surface area contributed by atoms with E-state index in [1.165, 1.54) is 18.2 Å². The molecule has 0 fully saturated rings. The van der Waals surface area contributed by atoms with E-state index < -0.39 is 24.4 Å². The van der Waals surface area contributed by atoms with E-state index >= 15 is 0 Å². The molecule has 0 aliphatic heterocycles. The van der Waals surface area contributed by atoms with E-state index in [-0.39, 0.29) is 18.1 Å². The van der Waals surface area contributed by atoms with Crippen molar-refractivity contribution in [3.05, 3.63) is 47.4 Å². The summed E-state index contributed by atoms with van der Waals surface area (Å²) in [4.78, 5) is 14.6. The van der Waals surface area contributed by atoms with Gasteiger partial charge in [-0.2, -0.15) is 4.98 Å². The van der Waals surface area contributed by atoms with Crippen LogP contribution in [0.25, 0.3) is 0 Å². The van der Waals surface area contributed by atoms with Crippen molar-refractivity contribution < 1.29 is 22.5 Å². The minimum Gasteiger partial charge on any atom is -0.339 e. The number of Topliss-reactive ketones (excluding diaryl/α,β-unsaturated/α-hetero) is 1. The number of carbonyl (C=O) groups is 1. The first-order valence-corrected chi connectivity index (χ1v) is 5.41. The van der Waals surface area contributed by atoms with E-state index in [1.807, 2.05) is 0 Å². The molecule has 1 aromatic carbocycles. The summed E-state index contributed by atoms with van der Waals surface area (Å²) in [6, 6.07) is 5.81. The highest BCUT2D eigenvalue weighted by atomic mass is 19.3. The Morgan fingerprint density at radius 2 is 2.16 bits per heavy atom. The van der Waals surface area contributed by atoms with Gasteiger partial charge in [0.25, 0.3) is 6.43 Å². The molecule has 2 rings (SSSR count). The monoisotopic (exact) mass is 270 g/mol. The van der Waals surface area contributed by atoms with E-state index in [4.69, 9.17) is 0 Å². The summed E-state index contributed by atoms with van der Waals surface area (Å²) in [6.07, 6.45) is -3.46. The maximum absolute atomic E-state index is 12.9. The lowest BCUT2D eigenvalue weighted by Gasteiger charge is -1.96. The topological polar surface area (TPSA) is 56.0 Å². The average Bonchev–Trinajstić information content (AvgIpc) is 2.76. The number of halogens is 3. The molecule has 4 nitrogen and oxygen atoms in total. The highest BCUT2D eigenvalue weighted by Gasteiger charge is 2.19. The van der Waals surface area contributed by atoms with Gasteiger partial charge in [-0.15, -0.1) is 0 Å². The second kappa shape index (κ2) is 5.64. The van der Waals surface area contributed by atoms with Crippen LogP contribution in [-0.4, -0.2) is 22.3 Å². The Bertz CT molecular complexity index is 584. The van der Waals surface area contributed by atoms with Crippen LogP contribution in [0.5, 0.6) is 0 Å². The lowest BCUT2D eigenvalue weighted by molar-refractivity contribution is -0.129. The van der Waals surface area contributed by atoms with Crippen LogP contribution in [-0.2, 0) is 17.6 Å². The third kappa shape index (κ3) is 3.64. The van der Waals surface area contributed by atoms with Crippen LogP contribution in [0, 0.1) is 5.82 Å². The van der Waals surface area contributed by atoms with Crippen LogP contribution in [0.1, 0.15) is 17.3 Å². The SMILES string of the molecule is O=C(Cc1nc(Cc2cccc(F)c2)no1)C(F)F. The van der Waals surface area contributed by atoms with E-state index in [1.54, 1.807) is 6.07 Å². The van der Waals surface area contributed by atoms with Crippen LogP contribution in [0.15, 0.2) is 28.8 Å². The van der Waals surface area contributed by atoms with Gasteiger partial charge in [0.2, 0.25) is 11.7 Å². The van der Waals surface area contributed by atoms with Gasteiger partial charge in [0.05, 0.1) is 6.42 Å². The molecule has 0 unspecified atom stereocenters. The number of aromatic nitrogens is 2. The van der Waals surface area contributed by atoms with Gasteiger partial charge in [-0.25, -0.2) is 13.2 Å². The van der Waals surface area contributed by atoms with E-state index in [0.29, 0.717) is 5.56 Å². The lowest BCUT2D eigenvalue weighted by Crippen LogP contribution is -2.13. The molecule has 100 valence electrons. The zero-order chi connectivity index (χ0) is 13.8. The molecule has 0 aliphatic carbocycles. The second-order valence-corrected chi connectivity index (χ2v) is 3.85. The van der Waals surface area contributed by atoms with Crippen LogP contribution in [0.3, 0.4) is 0 Å². The zero-order valence-corrected chi connectivity index (χ0v) is 9.65. The Morgan fingerprint density at radius 3 is 2.84 bits per heavy atom. The average molecular weight is 270 g/mol. The van der Waals surface area contributed by atoms with Gasteiger partial charge in [-0.3, -0.25) is 4.79 Å². The summed E-state index contributed by atoms with van der Waals surface area (Å²) in [5.74, 6) is -1.63. The molecule has 0 aliphatic rings. The van der Waals surface area contributed by atoms with Crippen LogP contribution in [0.4, 0.5) is 13.2 Å². The van der Waals surface area contributed by atoms with Crippen molar-refractivity contribution in [3.8, 4) is 0 Å². The summed E-state index contributed by atoms with van der Waals surface area (Å²) >= 11 is 0. The maximum Gasteiger partial charge on any atom is 0.296 e. The summed E-state index contributed by atoms with van der Waals surface area (Å²) in [6.45, 7) is 0. The van der Waals surface area contributed by atoms with Gasteiger partial charge in [0, 0.05) is 6.42 Å². The molecule has 0 atom stereocenters. The molecule has 1 aromatic heterocycles. The summed E-state index contributed by atoms with van der Waals surface area (Å²) < 4.78 is 41.7. The molecule has 19 heavy (non-hydrogen) atoms. The molecule has 1 heterocycles. The Labute approximate surface area is 106 Å². The number of hydrogen-bond acceptors (Lipinski definition) is 4. The Kier molecular flexibility index (Phi) is 3.94. The number of nitrogens with zero attached hydrogens (tertiary/aromatic N) is 2. The molecule has 0 amide bonds. The number of benzene rings is 1. The predicted molar refractivity (Wildman–Crippen MR) is 58.2 cm³/mol. The van der Waals surface area contributed by atoms with E-state index in [0.717, 1.165) is 0 Å². The number of ketones is 1. The minimum absolute atomic E-state index is 0.170. The standard InChI is InChI=1S/C12H9F3N2O2/c13-8-3-1-2-7(4-8)5-10-16-11(19-17-10)6-9(18)12(14)15/h1-4,12H,5-6H2.